The van der Waals surface area contributed by atoms with E-state index >= 15 is 0 Å². The topological polar surface area (TPSA) is 98.3 Å². The second-order valence-electron chi connectivity index (χ2n) is 9.80. The van der Waals surface area contributed by atoms with Gasteiger partial charge < -0.3 is 15.4 Å². The van der Waals surface area contributed by atoms with Crippen molar-refractivity contribution in [1.82, 2.24) is 14.8 Å². The van der Waals surface area contributed by atoms with Gasteiger partial charge in [-0.15, -0.1) is 0 Å². The van der Waals surface area contributed by atoms with E-state index in [4.69, 9.17) is 10.5 Å². The Morgan fingerprint density at radius 2 is 1.59 bits per heavy atom. The number of methoxy groups -OCH3 is 1. The molecular formula is C33H34N6O2. The Labute approximate surface area is 240 Å². The van der Waals surface area contributed by atoms with Crippen LogP contribution in [-0.2, 0) is 0 Å². The summed E-state index contributed by atoms with van der Waals surface area (Å²) < 4.78 is 7.04. The molecular weight excluding hydrogens is 512 g/mol. The highest BCUT2D eigenvalue weighted by Crippen LogP contribution is 2.34. The molecule has 0 saturated carbocycles. The lowest BCUT2D eigenvalue weighted by atomic mass is 9.99. The second-order valence-corrected chi connectivity index (χ2v) is 9.80. The molecule has 1 aliphatic rings. The maximum Gasteiger partial charge on any atom is 0.317 e. The number of amides is 2. The van der Waals surface area contributed by atoms with Gasteiger partial charge >= 0.3 is 6.03 Å². The zero-order chi connectivity index (χ0) is 28.6. The Morgan fingerprint density at radius 1 is 0.927 bits per heavy atom. The molecule has 6 rings (SSSR count). The number of carbonyl (C=O) groups excluding carboxylic acids is 1. The first-order valence-corrected chi connectivity index (χ1v) is 13.6. The van der Waals surface area contributed by atoms with E-state index in [1.54, 1.807) is 18.0 Å². The van der Waals surface area contributed by atoms with Gasteiger partial charge in [-0.1, -0.05) is 78.9 Å². The molecule has 8 nitrogen and oxygen atoms in total. The Kier molecular flexibility index (Phi) is 8.59. The fourth-order valence-corrected chi connectivity index (χ4v) is 5.14. The van der Waals surface area contributed by atoms with E-state index in [0.29, 0.717) is 11.7 Å². The first-order chi connectivity index (χ1) is 20.0. The van der Waals surface area contributed by atoms with Gasteiger partial charge in [0.25, 0.3) is 0 Å². The third kappa shape index (κ3) is 6.38. The van der Waals surface area contributed by atoms with E-state index in [9.17, 15) is 4.79 Å². The van der Waals surface area contributed by atoms with Crippen molar-refractivity contribution in [2.24, 2.45) is 5.73 Å². The van der Waals surface area contributed by atoms with Gasteiger partial charge in [-0.25, -0.2) is 14.5 Å². The Morgan fingerprint density at radius 3 is 2.24 bits per heavy atom. The number of nitrogens with two attached hydrogens (primary N) is 1. The number of ether oxygens (including phenoxy) is 1. The Hall–Kier alpha value is -5.11. The van der Waals surface area contributed by atoms with Gasteiger partial charge in [-0.3, -0.25) is 5.32 Å². The second kappa shape index (κ2) is 12.8. The molecule has 0 aliphatic carbocycles. The highest BCUT2D eigenvalue weighted by atomic mass is 16.5. The van der Waals surface area contributed by atoms with Crippen LogP contribution in [0.2, 0.25) is 0 Å². The monoisotopic (exact) mass is 546 g/mol. The average Bonchev–Trinajstić information content (AvgIpc) is 3.64. The maximum absolute atomic E-state index is 11.3. The highest BCUT2D eigenvalue weighted by molar-refractivity contribution is 5.89. The zero-order valence-electron chi connectivity index (χ0n) is 23.3. The lowest BCUT2D eigenvalue weighted by molar-refractivity contribution is 0.259. The van der Waals surface area contributed by atoms with E-state index in [1.165, 1.54) is 12.0 Å². The van der Waals surface area contributed by atoms with Gasteiger partial charge in [0.15, 0.2) is 0 Å². The molecule has 1 saturated heterocycles. The number of rotatable bonds is 6. The molecule has 1 aliphatic heterocycles. The molecule has 41 heavy (non-hydrogen) atoms. The van der Waals surface area contributed by atoms with Crippen LogP contribution in [0.25, 0.3) is 16.9 Å². The molecule has 0 bridgehead atoms. The summed E-state index contributed by atoms with van der Waals surface area (Å²) in [6.45, 7) is 4.01. The number of nitrogens with one attached hydrogen (secondary N) is 1. The number of anilines is 2. The quantitative estimate of drug-likeness (QED) is 0.256. The number of benzene rings is 3. The predicted molar refractivity (Wildman–Crippen MR) is 164 cm³/mol. The number of urea groups is 1. The van der Waals surface area contributed by atoms with Crippen molar-refractivity contribution in [3.05, 3.63) is 120 Å². The number of aromatic nitrogens is 3. The van der Waals surface area contributed by atoms with E-state index in [0.717, 1.165) is 47.2 Å². The van der Waals surface area contributed by atoms with Crippen LogP contribution < -0.4 is 20.7 Å². The summed E-state index contributed by atoms with van der Waals surface area (Å²) in [5.41, 5.74) is 11.3. The molecule has 2 aromatic heterocycles. The highest BCUT2D eigenvalue weighted by Gasteiger charge is 2.26. The van der Waals surface area contributed by atoms with Gasteiger partial charge in [-0.05, 0) is 43.2 Å². The van der Waals surface area contributed by atoms with Crippen molar-refractivity contribution in [1.29, 1.82) is 0 Å². The number of hydrogen-bond acceptors (Lipinski definition) is 5. The van der Waals surface area contributed by atoms with Crippen molar-refractivity contribution in [3.63, 3.8) is 0 Å². The van der Waals surface area contributed by atoms with Crippen LogP contribution in [-0.4, -0.2) is 41.0 Å². The minimum Gasteiger partial charge on any atom is -0.480 e. The van der Waals surface area contributed by atoms with Crippen LogP contribution in [0.4, 0.5) is 16.3 Å². The maximum atomic E-state index is 11.3. The number of carbonyl (C=O) groups is 1. The molecule has 8 heteroatoms. The fourth-order valence-electron chi connectivity index (χ4n) is 5.14. The Bertz CT molecular complexity index is 1570. The standard InChI is InChI=1S/C17H16N4O.C16H18N2O/c1-12-15(13-8-4-2-5-9-13)20-21(16(12)19-17(18)22)14-10-6-3-7-11-14;1-19-16-15(8-5-10-17-16)18-11-9-14(12-18)13-6-3-2-4-7-13/h2-11H,1H3,(H3,18,19,22);2-8,10,14H,9,11-12H2,1H3. The van der Waals surface area contributed by atoms with Crippen molar-refractivity contribution < 1.29 is 9.53 Å². The van der Waals surface area contributed by atoms with Crippen LogP contribution in [0.3, 0.4) is 0 Å². The van der Waals surface area contributed by atoms with Crippen molar-refractivity contribution in [3.8, 4) is 22.8 Å². The van der Waals surface area contributed by atoms with E-state index in [2.05, 4.69) is 56.7 Å². The van der Waals surface area contributed by atoms with Gasteiger partial charge in [0, 0.05) is 36.3 Å². The zero-order valence-corrected chi connectivity index (χ0v) is 23.3. The number of para-hydroxylation sites is 1. The fraction of sp³-hybridized carbons (Fsp3) is 0.182. The third-order valence-electron chi connectivity index (χ3n) is 7.16. The predicted octanol–water partition coefficient (Wildman–Crippen LogP) is 6.42. The summed E-state index contributed by atoms with van der Waals surface area (Å²) in [5.74, 6) is 1.90. The summed E-state index contributed by atoms with van der Waals surface area (Å²) in [6, 6.07) is 33.6. The largest absolute Gasteiger partial charge is 0.480 e. The average molecular weight is 547 g/mol. The van der Waals surface area contributed by atoms with Crippen molar-refractivity contribution in [2.45, 2.75) is 19.3 Å². The molecule has 0 radical (unpaired) electrons. The molecule has 3 N–H and O–H groups in total. The van der Waals surface area contributed by atoms with Gasteiger partial charge in [-0.2, -0.15) is 5.10 Å². The van der Waals surface area contributed by atoms with E-state index in [1.807, 2.05) is 73.7 Å². The summed E-state index contributed by atoms with van der Waals surface area (Å²) in [5, 5.41) is 7.32. The molecule has 3 aromatic carbocycles. The number of primary amides is 1. The molecule has 5 aromatic rings. The van der Waals surface area contributed by atoms with E-state index in [-0.39, 0.29) is 0 Å². The molecule has 0 spiro atoms. The molecule has 2 amide bonds. The van der Waals surface area contributed by atoms with Gasteiger partial charge in [0.05, 0.1) is 24.2 Å². The van der Waals surface area contributed by atoms with Gasteiger partial charge in [0.2, 0.25) is 5.88 Å². The summed E-state index contributed by atoms with van der Waals surface area (Å²) >= 11 is 0. The number of nitrogens with zero attached hydrogens (tertiary/aromatic N) is 4. The summed E-state index contributed by atoms with van der Waals surface area (Å²) in [7, 11) is 1.68. The van der Waals surface area contributed by atoms with Crippen molar-refractivity contribution >= 4 is 17.5 Å². The van der Waals surface area contributed by atoms with Crippen LogP contribution in [0.5, 0.6) is 5.88 Å². The van der Waals surface area contributed by atoms with Crippen LogP contribution in [0, 0.1) is 6.92 Å². The molecule has 1 atom stereocenters. The lowest BCUT2D eigenvalue weighted by Crippen LogP contribution is -2.21. The van der Waals surface area contributed by atoms with E-state index < -0.39 is 6.03 Å². The molecule has 208 valence electrons. The Balaban J connectivity index is 0.000000166. The first-order valence-electron chi connectivity index (χ1n) is 13.6. The minimum atomic E-state index is -0.611. The normalized spacial score (nSPS) is 14.2. The van der Waals surface area contributed by atoms with Crippen LogP contribution in [0.15, 0.2) is 109 Å². The van der Waals surface area contributed by atoms with Crippen molar-refractivity contribution in [2.75, 3.05) is 30.4 Å². The lowest BCUT2D eigenvalue weighted by Gasteiger charge is -2.20. The minimum absolute atomic E-state index is 0.581. The third-order valence-corrected chi connectivity index (χ3v) is 7.16. The smallest absolute Gasteiger partial charge is 0.317 e. The van der Waals surface area contributed by atoms with Crippen LogP contribution in [0.1, 0.15) is 23.5 Å². The number of pyridine rings is 1. The van der Waals surface area contributed by atoms with Gasteiger partial charge in [0.1, 0.15) is 5.82 Å². The molecule has 3 heterocycles. The number of hydrogen-bond donors (Lipinski definition) is 2. The van der Waals surface area contributed by atoms with Crippen LogP contribution >= 0.6 is 0 Å². The SMILES string of the molecule is COc1ncccc1N1CCC(c2ccccc2)C1.Cc1c(-c2ccccc2)nn(-c2ccccc2)c1NC(N)=O. The summed E-state index contributed by atoms with van der Waals surface area (Å²) in [6.07, 6.45) is 2.95. The molecule has 1 fully saturated rings. The molecule has 1 unspecified atom stereocenters. The summed E-state index contributed by atoms with van der Waals surface area (Å²) in [4.78, 5) is 18.0. The first kappa shape index (κ1) is 27.5.